The Morgan fingerprint density at radius 1 is 0.960 bits per heavy atom. The van der Waals surface area contributed by atoms with Crippen LogP contribution in [0.1, 0.15) is 31.9 Å². The summed E-state index contributed by atoms with van der Waals surface area (Å²) in [6.45, 7) is 6.32. The molecule has 0 bridgehead atoms. The number of aliphatic hydroxyl groups is 1. The van der Waals surface area contributed by atoms with E-state index in [0.717, 1.165) is 11.1 Å². The fourth-order valence-corrected chi connectivity index (χ4v) is 2.62. The van der Waals surface area contributed by atoms with E-state index in [4.69, 9.17) is 4.74 Å². The van der Waals surface area contributed by atoms with Crippen LogP contribution in [0.3, 0.4) is 0 Å². The van der Waals surface area contributed by atoms with E-state index in [1.807, 2.05) is 86.3 Å². The summed E-state index contributed by atoms with van der Waals surface area (Å²) in [7, 11) is 0. The lowest BCUT2D eigenvalue weighted by Crippen LogP contribution is -2.46. The molecule has 4 nitrogen and oxygen atoms in total. The lowest BCUT2D eigenvalue weighted by Gasteiger charge is -2.31. The SMILES string of the molecule is CC(C)(C)OC(=O)[C@@H](CO)N(Cc1ccccc1)Cc1ccccc1. The van der Waals surface area contributed by atoms with Crippen molar-refractivity contribution in [2.24, 2.45) is 0 Å². The lowest BCUT2D eigenvalue weighted by molar-refractivity contribution is -0.163. The molecule has 0 aliphatic carbocycles. The molecule has 0 amide bonds. The molecule has 2 aromatic rings. The molecule has 0 heterocycles. The topological polar surface area (TPSA) is 49.8 Å². The molecule has 1 N–H and O–H groups in total. The van der Waals surface area contributed by atoms with Gasteiger partial charge in [-0.25, -0.2) is 0 Å². The minimum Gasteiger partial charge on any atom is -0.459 e. The average Bonchev–Trinajstić information content (AvgIpc) is 2.55. The highest BCUT2D eigenvalue weighted by Crippen LogP contribution is 2.17. The number of nitrogens with zero attached hydrogens (tertiary/aromatic N) is 1. The molecule has 0 radical (unpaired) electrons. The van der Waals surface area contributed by atoms with Crippen molar-refractivity contribution in [1.29, 1.82) is 0 Å². The monoisotopic (exact) mass is 341 g/mol. The van der Waals surface area contributed by atoms with Gasteiger partial charge in [0.15, 0.2) is 0 Å². The number of ether oxygens (including phenoxy) is 1. The first-order valence-corrected chi connectivity index (χ1v) is 8.54. The van der Waals surface area contributed by atoms with E-state index in [1.165, 1.54) is 0 Å². The number of aliphatic hydroxyl groups excluding tert-OH is 1. The zero-order chi connectivity index (χ0) is 18.3. The first-order chi connectivity index (χ1) is 11.9. The van der Waals surface area contributed by atoms with Gasteiger partial charge >= 0.3 is 5.97 Å². The molecule has 2 rings (SSSR count). The Hall–Kier alpha value is -2.17. The number of rotatable bonds is 7. The van der Waals surface area contributed by atoms with Gasteiger partial charge in [-0.3, -0.25) is 9.69 Å². The van der Waals surface area contributed by atoms with Crippen LogP contribution in [-0.4, -0.2) is 34.2 Å². The zero-order valence-corrected chi connectivity index (χ0v) is 15.2. The van der Waals surface area contributed by atoms with Gasteiger partial charge in [-0.15, -0.1) is 0 Å². The van der Waals surface area contributed by atoms with Crippen LogP contribution >= 0.6 is 0 Å². The third-order valence-corrected chi connectivity index (χ3v) is 3.75. The summed E-state index contributed by atoms with van der Waals surface area (Å²) >= 11 is 0. The quantitative estimate of drug-likeness (QED) is 0.784. The third kappa shape index (κ3) is 6.33. The van der Waals surface area contributed by atoms with Crippen molar-refractivity contribution in [2.75, 3.05) is 6.61 Å². The second-order valence-corrected chi connectivity index (χ2v) is 7.11. The maximum absolute atomic E-state index is 12.6. The highest BCUT2D eigenvalue weighted by molar-refractivity contribution is 5.76. The first kappa shape index (κ1) is 19.2. The van der Waals surface area contributed by atoms with Crippen LogP contribution in [0.25, 0.3) is 0 Å². The predicted molar refractivity (Wildman–Crippen MR) is 98.8 cm³/mol. The van der Waals surface area contributed by atoms with E-state index >= 15 is 0 Å². The van der Waals surface area contributed by atoms with Crippen LogP contribution in [0.2, 0.25) is 0 Å². The second kappa shape index (κ2) is 8.79. The molecule has 0 aliphatic heterocycles. The Morgan fingerprint density at radius 2 is 1.40 bits per heavy atom. The van der Waals surface area contributed by atoms with Crippen molar-refractivity contribution >= 4 is 5.97 Å². The van der Waals surface area contributed by atoms with Gasteiger partial charge in [0, 0.05) is 13.1 Å². The number of carbonyl (C=O) groups is 1. The van der Waals surface area contributed by atoms with Crippen molar-refractivity contribution < 1.29 is 14.6 Å². The Labute approximate surface area is 150 Å². The van der Waals surface area contributed by atoms with E-state index in [-0.39, 0.29) is 6.61 Å². The van der Waals surface area contributed by atoms with Crippen LogP contribution in [0.15, 0.2) is 60.7 Å². The standard InChI is InChI=1S/C21H27NO3/c1-21(2,3)25-20(24)19(16-23)22(14-17-10-6-4-7-11-17)15-18-12-8-5-9-13-18/h4-13,19,23H,14-16H2,1-3H3/t19-/m1/s1. The highest BCUT2D eigenvalue weighted by atomic mass is 16.6. The van der Waals surface area contributed by atoms with Crippen molar-refractivity contribution in [2.45, 2.75) is 45.5 Å². The number of hydrogen-bond acceptors (Lipinski definition) is 4. The van der Waals surface area contributed by atoms with Gasteiger partial charge in [0.05, 0.1) is 6.61 Å². The van der Waals surface area contributed by atoms with Crippen molar-refractivity contribution in [3.8, 4) is 0 Å². The van der Waals surface area contributed by atoms with Crippen molar-refractivity contribution in [1.82, 2.24) is 4.90 Å². The fraction of sp³-hybridized carbons (Fsp3) is 0.381. The predicted octanol–water partition coefficient (Wildman–Crippen LogP) is 3.39. The van der Waals surface area contributed by atoms with Gasteiger partial charge in [0.2, 0.25) is 0 Å². The van der Waals surface area contributed by atoms with Crippen LogP contribution in [0.4, 0.5) is 0 Å². The van der Waals surface area contributed by atoms with Crippen molar-refractivity contribution in [3.05, 3.63) is 71.8 Å². The number of carbonyl (C=O) groups excluding carboxylic acids is 1. The molecule has 4 heteroatoms. The van der Waals surface area contributed by atoms with Crippen LogP contribution in [-0.2, 0) is 22.6 Å². The van der Waals surface area contributed by atoms with Gasteiger partial charge in [0.25, 0.3) is 0 Å². The minimum atomic E-state index is -0.709. The molecular formula is C21H27NO3. The van der Waals surface area contributed by atoms with E-state index in [0.29, 0.717) is 13.1 Å². The van der Waals surface area contributed by atoms with E-state index < -0.39 is 17.6 Å². The molecule has 0 saturated carbocycles. The molecule has 0 saturated heterocycles. The van der Waals surface area contributed by atoms with Crippen LogP contribution in [0, 0.1) is 0 Å². The Morgan fingerprint density at radius 3 is 1.76 bits per heavy atom. The maximum atomic E-state index is 12.6. The molecule has 25 heavy (non-hydrogen) atoms. The average molecular weight is 341 g/mol. The Balaban J connectivity index is 2.23. The molecule has 1 atom stereocenters. The minimum absolute atomic E-state index is 0.283. The van der Waals surface area contributed by atoms with Crippen molar-refractivity contribution in [3.63, 3.8) is 0 Å². The van der Waals surface area contributed by atoms with Crippen LogP contribution < -0.4 is 0 Å². The molecule has 0 unspecified atom stereocenters. The fourth-order valence-electron chi connectivity index (χ4n) is 2.62. The maximum Gasteiger partial charge on any atom is 0.326 e. The summed E-state index contributed by atoms with van der Waals surface area (Å²) in [4.78, 5) is 14.5. The van der Waals surface area contributed by atoms with Gasteiger partial charge in [-0.05, 0) is 31.9 Å². The third-order valence-electron chi connectivity index (χ3n) is 3.75. The van der Waals surface area contributed by atoms with Crippen LogP contribution in [0.5, 0.6) is 0 Å². The van der Waals surface area contributed by atoms with E-state index in [2.05, 4.69) is 0 Å². The van der Waals surface area contributed by atoms with Gasteiger partial charge in [-0.1, -0.05) is 60.7 Å². The summed E-state index contributed by atoms with van der Waals surface area (Å²) in [5.74, 6) is -0.401. The summed E-state index contributed by atoms with van der Waals surface area (Å²) in [6.07, 6.45) is 0. The largest absolute Gasteiger partial charge is 0.459 e. The molecule has 134 valence electrons. The van der Waals surface area contributed by atoms with Gasteiger partial charge in [0.1, 0.15) is 11.6 Å². The summed E-state index contributed by atoms with van der Waals surface area (Å²) in [5.41, 5.74) is 1.58. The number of benzene rings is 2. The normalized spacial score (nSPS) is 12.8. The Kier molecular flexibility index (Phi) is 6.73. The molecular weight excluding hydrogens is 314 g/mol. The summed E-state index contributed by atoms with van der Waals surface area (Å²) < 4.78 is 5.51. The second-order valence-electron chi connectivity index (χ2n) is 7.11. The molecule has 2 aromatic carbocycles. The molecule has 0 fully saturated rings. The van der Waals surface area contributed by atoms with E-state index in [1.54, 1.807) is 0 Å². The molecule has 0 aliphatic rings. The van der Waals surface area contributed by atoms with Gasteiger partial charge < -0.3 is 9.84 Å². The first-order valence-electron chi connectivity index (χ1n) is 8.54. The van der Waals surface area contributed by atoms with Gasteiger partial charge in [-0.2, -0.15) is 0 Å². The summed E-state index contributed by atoms with van der Waals surface area (Å²) in [6, 6.07) is 19.2. The Bertz CT molecular complexity index is 608. The molecule has 0 spiro atoms. The lowest BCUT2D eigenvalue weighted by atomic mass is 10.1. The van der Waals surface area contributed by atoms with E-state index in [9.17, 15) is 9.90 Å². The highest BCUT2D eigenvalue weighted by Gasteiger charge is 2.30. The smallest absolute Gasteiger partial charge is 0.326 e. The number of hydrogen-bond donors (Lipinski definition) is 1. The summed E-state index contributed by atoms with van der Waals surface area (Å²) in [5, 5.41) is 9.88. The molecule has 0 aromatic heterocycles. The number of esters is 1. The zero-order valence-electron chi connectivity index (χ0n) is 15.2.